The minimum atomic E-state index is -0.0360. The maximum absolute atomic E-state index is 12.6. The van der Waals surface area contributed by atoms with Gasteiger partial charge >= 0.3 is 0 Å². The van der Waals surface area contributed by atoms with Crippen LogP contribution in [0.3, 0.4) is 0 Å². The quantitative estimate of drug-likeness (QED) is 0.705. The van der Waals surface area contributed by atoms with E-state index in [1.807, 2.05) is 53.2 Å². The van der Waals surface area contributed by atoms with Gasteiger partial charge in [0.1, 0.15) is 6.54 Å². The van der Waals surface area contributed by atoms with Gasteiger partial charge in [0, 0.05) is 34.7 Å². The predicted molar refractivity (Wildman–Crippen MR) is 108 cm³/mol. The number of para-hydroxylation sites is 2. The van der Waals surface area contributed by atoms with Crippen LogP contribution in [-0.4, -0.2) is 36.8 Å². The molecule has 6 heteroatoms. The van der Waals surface area contributed by atoms with Crippen molar-refractivity contribution in [2.24, 2.45) is 0 Å². The molecule has 0 atom stereocenters. The van der Waals surface area contributed by atoms with E-state index < -0.39 is 0 Å². The zero-order valence-corrected chi connectivity index (χ0v) is 15.9. The molecule has 0 aliphatic carbocycles. The number of carbonyl (C=O) groups excluding carboxylic acids is 1. The summed E-state index contributed by atoms with van der Waals surface area (Å²) in [6.45, 7) is 3.39. The van der Waals surface area contributed by atoms with Crippen molar-refractivity contribution in [2.75, 3.05) is 36.5 Å². The first-order valence-electron chi connectivity index (χ1n) is 8.67. The van der Waals surface area contributed by atoms with E-state index in [4.69, 9.17) is 4.74 Å². The third-order valence-corrected chi connectivity index (χ3v) is 5.07. The van der Waals surface area contributed by atoms with Gasteiger partial charge in [0.05, 0.1) is 24.6 Å². The average Bonchev–Trinajstić information content (AvgIpc) is 3.04. The lowest BCUT2D eigenvalue weighted by atomic mass is 10.2. The van der Waals surface area contributed by atoms with Gasteiger partial charge in [0.25, 0.3) is 0 Å². The molecule has 3 aromatic rings. The van der Waals surface area contributed by atoms with Gasteiger partial charge in [0.2, 0.25) is 5.91 Å². The number of amides is 1. The number of anilines is 2. The molecule has 0 saturated carbocycles. The molecule has 134 valence electrons. The monoisotopic (exact) mass is 413 g/mol. The molecule has 1 fully saturated rings. The maximum atomic E-state index is 12.6. The van der Waals surface area contributed by atoms with Gasteiger partial charge in [0.15, 0.2) is 0 Å². The Morgan fingerprint density at radius 3 is 2.77 bits per heavy atom. The summed E-state index contributed by atoms with van der Waals surface area (Å²) in [6, 6.07) is 16.0. The van der Waals surface area contributed by atoms with E-state index in [0.717, 1.165) is 39.8 Å². The zero-order chi connectivity index (χ0) is 17.9. The van der Waals surface area contributed by atoms with Crippen molar-refractivity contribution in [3.8, 4) is 0 Å². The molecule has 0 radical (unpaired) electrons. The zero-order valence-electron chi connectivity index (χ0n) is 14.3. The molecular formula is C20H20BrN3O2. The number of nitrogens with zero attached hydrogens (tertiary/aromatic N) is 2. The molecule has 4 rings (SSSR count). The standard InChI is InChI=1S/C20H20BrN3O2/c21-16-5-6-18-15(13-16)7-8-24(18)14-20(25)22-17-3-1-2-4-19(17)23-9-11-26-12-10-23/h1-8,13H,9-12,14H2,(H,22,25). The average molecular weight is 414 g/mol. The fraction of sp³-hybridized carbons (Fsp3) is 0.250. The first kappa shape index (κ1) is 17.1. The van der Waals surface area contributed by atoms with E-state index in [2.05, 4.69) is 32.2 Å². The van der Waals surface area contributed by atoms with Crippen LogP contribution in [0.5, 0.6) is 0 Å². The molecule has 2 heterocycles. The largest absolute Gasteiger partial charge is 0.378 e. The van der Waals surface area contributed by atoms with Crippen LogP contribution in [0.15, 0.2) is 59.2 Å². The fourth-order valence-electron chi connectivity index (χ4n) is 3.31. The summed E-state index contributed by atoms with van der Waals surface area (Å²) in [5.41, 5.74) is 2.94. The van der Waals surface area contributed by atoms with E-state index in [1.54, 1.807) is 0 Å². The van der Waals surface area contributed by atoms with Crippen LogP contribution in [0.25, 0.3) is 10.9 Å². The topological polar surface area (TPSA) is 46.5 Å². The number of hydrogen-bond acceptors (Lipinski definition) is 3. The molecule has 0 spiro atoms. The van der Waals surface area contributed by atoms with Crippen molar-refractivity contribution >= 4 is 44.1 Å². The van der Waals surface area contributed by atoms with Gasteiger partial charge in [-0.2, -0.15) is 0 Å². The van der Waals surface area contributed by atoms with E-state index in [9.17, 15) is 4.79 Å². The van der Waals surface area contributed by atoms with E-state index in [-0.39, 0.29) is 12.5 Å². The normalized spacial score (nSPS) is 14.6. The molecule has 1 amide bonds. The van der Waals surface area contributed by atoms with Crippen LogP contribution in [-0.2, 0) is 16.1 Å². The Bertz CT molecular complexity index is 932. The molecule has 1 N–H and O–H groups in total. The summed E-state index contributed by atoms with van der Waals surface area (Å²) < 4.78 is 8.43. The lowest BCUT2D eigenvalue weighted by Crippen LogP contribution is -2.36. The molecular weight excluding hydrogens is 394 g/mol. The molecule has 1 aromatic heterocycles. The van der Waals surface area contributed by atoms with E-state index >= 15 is 0 Å². The van der Waals surface area contributed by atoms with Crippen molar-refractivity contribution in [1.82, 2.24) is 4.57 Å². The smallest absolute Gasteiger partial charge is 0.244 e. The lowest BCUT2D eigenvalue weighted by Gasteiger charge is -2.30. The van der Waals surface area contributed by atoms with Crippen LogP contribution in [0, 0.1) is 0 Å². The Morgan fingerprint density at radius 1 is 1.12 bits per heavy atom. The summed E-state index contributed by atoms with van der Waals surface area (Å²) in [5.74, 6) is -0.0360. The van der Waals surface area contributed by atoms with Crippen molar-refractivity contribution in [1.29, 1.82) is 0 Å². The lowest BCUT2D eigenvalue weighted by molar-refractivity contribution is -0.116. The van der Waals surface area contributed by atoms with Crippen molar-refractivity contribution in [2.45, 2.75) is 6.54 Å². The summed E-state index contributed by atoms with van der Waals surface area (Å²) in [4.78, 5) is 14.9. The number of hydrogen-bond donors (Lipinski definition) is 1. The molecule has 1 saturated heterocycles. The summed E-state index contributed by atoms with van der Waals surface area (Å²) in [7, 11) is 0. The Hall–Kier alpha value is -2.31. The number of rotatable bonds is 4. The van der Waals surface area contributed by atoms with Crippen LogP contribution in [0.1, 0.15) is 0 Å². The highest BCUT2D eigenvalue weighted by molar-refractivity contribution is 9.10. The Kier molecular flexibility index (Phi) is 4.95. The van der Waals surface area contributed by atoms with E-state index in [1.165, 1.54) is 0 Å². The number of aromatic nitrogens is 1. The number of fused-ring (bicyclic) bond motifs is 1. The minimum Gasteiger partial charge on any atom is -0.378 e. The van der Waals surface area contributed by atoms with Gasteiger partial charge in [-0.05, 0) is 36.4 Å². The second-order valence-corrected chi connectivity index (χ2v) is 7.23. The van der Waals surface area contributed by atoms with Crippen molar-refractivity contribution in [3.05, 3.63) is 59.2 Å². The van der Waals surface area contributed by atoms with Gasteiger partial charge < -0.3 is 19.5 Å². The fourth-order valence-corrected chi connectivity index (χ4v) is 3.69. The van der Waals surface area contributed by atoms with Crippen LogP contribution in [0.2, 0.25) is 0 Å². The number of morpholine rings is 1. The first-order chi connectivity index (χ1) is 12.7. The maximum Gasteiger partial charge on any atom is 0.244 e. The second-order valence-electron chi connectivity index (χ2n) is 6.31. The van der Waals surface area contributed by atoms with Crippen LogP contribution >= 0.6 is 15.9 Å². The number of nitrogens with one attached hydrogen (secondary N) is 1. The Balaban J connectivity index is 1.51. The van der Waals surface area contributed by atoms with Crippen LogP contribution in [0.4, 0.5) is 11.4 Å². The number of carbonyl (C=O) groups is 1. The molecule has 0 unspecified atom stereocenters. The third-order valence-electron chi connectivity index (χ3n) is 4.58. The number of halogens is 1. The van der Waals surface area contributed by atoms with Gasteiger partial charge in [-0.15, -0.1) is 0 Å². The first-order valence-corrected chi connectivity index (χ1v) is 9.46. The third kappa shape index (κ3) is 3.61. The minimum absolute atomic E-state index is 0.0360. The van der Waals surface area contributed by atoms with Crippen LogP contribution < -0.4 is 10.2 Å². The second kappa shape index (κ2) is 7.51. The van der Waals surface area contributed by atoms with Gasteiger partial charge in [-0.1, -0.05) is 28.1 Å². The molecule has 2 aromatic carbocycles. The van der Waals surface area contributed by atoms with E-state index in [0.29, 0.717) is 13.2 Å². The Labute approximate surface area is 160 Å². The predicted octanol–water partition coefficient (Wildman–Crippen LogP) is 3.88. The highest BCUT2D eigenvalue weighted by Crippen LogP contribution is 2.26. The number of benzene rings is 2. The summed E-state index contributed by atoms with van der Waals surface area (Å²) >= 11 is 3.48. The van der Waals surface area contributed by atoms with Crippen molar-refractivity contribution < 1.29 is 9.53 Å². The molecule has 26 heavy (non-hydrogen) atoms. The molecule has 1 aliphatic heterocycles. The molecule has 5 nitrogen and oxygen atoms in total. The number of ether oxygens (including phenoxy) is 1. The van der Waals surface area contributed by atoms with Gasteiger partial charge in [-0.3, -0.25) is 4.79 Å². The SMILES string of the molecule is O=C(Cn1ccc2cc(Br)ccc21)Nc1ccccc1N1CCOCC1. The molecule has 0 bridgehead atoms. The molecule has 1 aliphatic rings. The Morgan fingerprint density at radius 2 is 1.92 bits per heavy atom. The van der Waals surface area contributed by atoms with Gasteiger partial charge in [-0.25, -0.2) is 0 Å². The summed E-state index contributed by atoms with van der Waals surface area (Å²) in [6.07, 6.45) is 1.95. The highest BCUT2D eigenvalue weighted by atomic mass is 79.9. The summed E-state index contributed by atoms with van der Waals surface area (Å²) in [5, 5.41) is 4.18. The highest BCUT2D eigenvalue weighted by Gasteiger charge is 2.16. The van der Waals surface area contributed by atoms with Crippen molar-refractivity contribution in [3.63, 3.8) is 0 Å².